The van der Waals surface area contributed by atoms with Gasteiger partial charge in [-0.25, -0.2) is 0 Å². The first-order valence-corrected chi connectivity index (χ1v) is 11.9. The van der Waals surface area contributed by atoms with Gasteiger partial charge in [-0.05, 0) is 53.6 Å². The van der Waals surface area contributed by atoms with Crippen LogP contribution in [0.3, 0.4) is 0 Å². The highest BCUT2D eigenvalue weighted by Crippen LogP contribution is 2.28. The van der Waals surface area contributed by atoms with Crippen LogP contribution in [0.2, 0.25) is 10.0 Å². The SMILES string of the molecule is N#Cc1cc(C(=O)NCC(CCN2CCNCC2)c2ccc(Cl)c(Cl)c2)c2ccccc2c1. The van der Waals surface area contributed by atoms with Crippen LogP contribution in [0.5, 0.6) is 0 Å². The first kappa shape index (κ1) is 23.5. The van der Waals surface area contributed by atoms with Crippen molar-refractivity contribution in [1.82, 2.24) is 15.5 Å². The summed E-state index contributed by atoms with van der Waals surface area (Å²) in [6.07, 6.45) is 0.886. The number of nitrogens with one attached hydrogen (secondary N) is 2. The van der Waals surface area contributed by atoms with Gasteiger partial charge in [-0.15, -0.1) is 0 Å². The minimum absolute atomic E-state index is 0.0871. The molecule has 0 saturated carbocycles. The van der Waals surface area contributed by atoms with Crippen LogP contribution in [0.4, 0.5) is 0 Å². The van der Waals surface area contributed by atoms with Crippen LogP contribution < -0.4 is 10.6 Å². The molecule has 3 aromatic carbocycles. The Morgan fingerprint density at radius 2 is 1.88 bits per heavy atom. The van der Waals surface area contributed by atoms with Gasteiger partial charge in [0.2, 0.25) is 0 Å². The summed E-state index contributed by atoms with van der Waals surface area (Å²) < 4.78 is 0. The second kappa shape index (κ2) is 11.0. The smallest absolute Gasteiger partial charge is 0.251 e. The number of fused-ring (bicyclic) bond motifs is 1. The van der Waals surface area contributed by atoms with Gasteiger partial charge in [-0.2, -0.15) is 5.26 Å². The van der Waals surface area contributed by atoms with Crippen molar-refractivity contribution in [3.8, 4) is 6.07 Å². The van der Waals surface area contributed by atoms with Crippen LogP contribution in [0, 0.1) is 11.3 Å². The molecule has 7 heteroatoms. The Bertz CT molecular complexity index is 1180. The van der Waals surface area contributed by atoms with E-state index in [1.165, 1.54) is 0 Å². The van der Waals surface area contributed by atoms with Crippen molar-refractivity contribution in [3.05, 3.63) is 81.3 Å². The van der Waals surface area contributed by atoms with Gasteiger partial charge in [0.25, 0.3) is 5.91 Å². The van der Waals surface area contributed by atoms with Crippen molar-refractivity contribution >= 4 is 39.9 Å². The van der Waals surface area contributed by atoms with E-state index in [1.807, 2.05) is 42.5 Å². The fraction of sp³-hybridized carbons (Fsp3) is 0.308. The van der Waals surface area contributed by atoms with E-state index in [-0.39, 0.29) is 11.8 Å². The highest BCUT2D eigenvalue weighted by atomic mass is 35.5. The van der Waals surface area contributed by atoms with E-state index in [1.54, 1.807) is 12.1 Å². The van der Waals surface area contributed by atoms with Crippen LogP contribution in [0.15, 0.2) is 54.6 Å². The largest absolute Gasteiger partial charge is 0.351 e. The number of nitriles is 1. The minimum atomic E-state index is -0.185. The lowest BCUT2D eigenvalue weighted by Gasteiger charge is -2.29. The zero-order valence-electron chi connectivity index (χ0n) is 18.3. The standard InChI is InChI=1S/C26H26Cl2N4O/c27-24-6-5-19(15-25(24)28)21(7-10-32-11-8-30-9-12-32)17-31-26(33)23-14-18(16-29)13-20-3-1-2-4-22(20)23/h1-6,13-15,21,30H,7-12,17H2,(H,31,33). The summed E-state index contributed by atoms with van der Waals surface area (Å²) in [5.74, 6) is -0.0976. The summed E-state index contributed by atoms with van der Waals surface area (Å²) in [5, 5.41) is 18.6. The van der Waals surface area contributed by atoms with E-state index in [4.69, 9.17) is 23.2 Å². The van der Waals surface area contributed by atoms with Gasteiger partial charge in [0.05, 0.1) is 21.7 Å². The number of carbonyl (C=O) groups excluding carboxylic acids is 1. The topological polar surface area (TPSA) is 68.2 Å². The number of carbonyl (C=O) groups is 1. The third-order valence-corrected chi connectivity index (χ3v) is 6.90. The Hall–Kier alpha value is -2.62. The van der Waals surface area contributed by atoms with E-state index in [0.717, 1.165) is 55.5 Å². The molecule has 5 nitrogen and oxygen atoms in total. The number of amides is 1. The van der Waals surface area contributed by atoms with Gasteiger partial charge < -0.3 is 15.5 Å². The van der Waals surface area contributed by atoms with Crippen molar-refractivity contribution in [1.29, 1.82) is 5.26 Å². The van der Waals surface area contributed by atoms with Gasteiger partial charge in [-0.3, -0.25) is 4.79 Å². The van der Waals surface area contributed by atoms with Gasteiger partial charge in [0, 0.05) is 44.2 Å². The molecule has 1 unspecified atom stereocenters. The highest BCUT2D eigenvalue weighted by Gasteiger charge is 2.19. The Morgan fingerprint density at radius 3 is 2.64 bits per heavy atom. The summed E-state index contributed by atoms with van der Waals surface area (Å²) in [6, 6.07) is 18.9. The second-order valence-electron chi connectivity index (χ2n) is 8.32. The fourth-order valence-corrected chi connectivity index (χ4v) is 4.61. The third kappa shape index (κ3) is 5.85. The van der Waals surface area contributed by atoms with E-state index in [9.17, 15) is 10.1 Å². The Kier molecular flexibility index (Phi) is 7.85. The summed E-state index contributed by atoms with van der Waals surface area (Å²) in [5.41, 5.74) is 2.04. The zero-order chi connectivity index (χ0) is 23.2. The maximum Gasteiger partial charge on any atom is 0.251 e. The molecule has 0 bridgehead atoms. The van der Waals surface area contributed by atoms with E-state index in [0.29, 0.717) is 27.7 Å². The number of nitrogens with zero attached hydrogens (tertiary/aromatic N) is 2. The molecule has 1 aliphatic rings. The second-order valence-corrected chi connectivity index (χ2v) is 9.13. The molecule has 1 heterocycles. The predicted octanol–water partition coefficient (Wildman–Crippen LogP) is 4.83. The normalized spacial score (nSPS) is 15.2. The monoisotopic (exact) mass is 480 g/mol. The molecule has 2 N–H and O–H groups in total. The first-order valence-electron chi connectivity index (χ1n) is 11.1. The lowest BCUT2D eigenvalue weighted by molar-refractivity contribution is 0.0951. The average Bonchev–Trinajstić information content (AvgIpc) is 2.85. The molecule has 0 aromatic heterocycles. The molecule has 1 aliphatic heterocycles. The maximum absolute atomic E-state index is 13.2. The van der Waals surface area contributed by atoms with Crippen molar-refractivity contribution in [3.63, 3.8) is 0 Å². The molecule has 0 spiro atoms. The Labute approximate surface area is 204 Å². The fourth-order valence-electron chi connectivity index (χ4n) is 4.30. The van der Waals surface area contributed by atoms with Gasteiger partial charge >= 0.3 is 0 Å². The Morgan fingerprint density at radius 1 is 1.09 bits per heavy atom. The maximum atomic E-state index is 13.2. The molecule has 1 atom stereocenters. The molecule has 170 valence electrons. The molecule has 1 saturated heterocycles. The quantitative estimate of drug-likeness (QED) is 0.508. The highest BCUT2D eigenvalue weighted by molar-refractivity contribution is 6.42. The van der Waals surface area contributed by atoms with Crippen LogP contribution in [-0.2, 0) is 0 Å². The zero-order valence-corrected chi connectivity index (χ0v) is 19.8. The van der Waals surface area contributed by atoms with E-state index >= 15 is 0 Å². The predicted molar refractivity (Wildman–Crippen MR) is 134 cm³/mol. The third-order valence-electron chi connectivity index (χ3n) is 6.16. The molecule has 4 rings (SSSR count). The molecule has 1 amide bonds. The summed E-state index contributed by atoms with van der Waals surface area (Å²) >= 11 is 12.4. The van der Waals surface area contributed by atoms with Crippen LogP contribution in [0.1, 0.15) is 33.8 Å². The number of benzene rings is 3. The number of hydrogen-bond donors (Lipinski definition) is 2. The van der Waals surface area contributed by atoms with Crippen LogP contribution in [0.25, 0.3) is 10.8 Å². The van der Waals surface area contributed by atoms with Gasteiger partial charge in [-0.1, -0.05) is 53.5 Å². The molecule has 3 aromatic rings. The Balaban J connectivity index is 1.53. The molecule has 33 heavy (non-hydrogen) atoms. The van der Waals surface area contributed by atoms with Crippen molar-refractivity contribution in [2.75, 3.05) is 39.3 Å². The molecule has 0 radical (unpaired) electrons. The number of piperazine rings is 1. The summed E-state index contributed by atoms with van der Waals surface area (Å²) in [7, 11) is 0. The van der Waals surface area contributed by atoms with Crippen LogP contribution >= 0.6 is 23.2 Å². The average molecular weight is 481 g/mol. The molecular weight excluding hydrogens is 455 g/mol. The first-order chi connectivity index (χ1) is 16.0. The van der Waals surface area contributed by atoms with Gasteiger partial charge in [0.15, 0.2) is 0 Å². The van der Waals surface area contributed by atoms with E-state index in [2.05, 4.69) is 21.6 Å². The summed E-state index contributed by atoms with van der Waals surface area (Å²) in [6.45, 7) is 5.44. The van der Waals surface area contributed by atoms with Gasteiger partial charge in [0.1, 0.15) is 0 Å². The number of halogens is 2. The lowest BCUT2D eigenvalue weighted by atomic mass is 9.94. The van der Waals surface area contributed by atoms with E-state index < -0.39 is 0 Å². The lowest BCUT2D eigenvalue weighted by Crippen LogP contribution is -2.44. The van der Waals surface area contributed by atoms with Crippen LogP contribution in [-0.4, -0.2) is 50.1 Å². The molecular formula is C26H26Cl2N4O. The van der Waals surface area contributed by atoms with Crippen molar-refractivity contribution in [2.24, 2.45) is 0 Å². The van der Waals surface area contributed by atoms with Crippen molar-refractivity contribution in [2.45, 2.75) is 12.3 Å². The summed E-state index contributed by atoms with van der Waals surface area (Å²) in [4.78, 5) is 15.6. The van der Waals surface area contributed by atoms with Crippen molar-refractivity contribution < 1.29 is 4.79 Å². The minimum Gasteiger partial charge on any atom is -0.351 e. The number of rotatable bonds is 7. The molecule has 0 aliphatic carbocycles. The molecule has 1 fully saturated rings. The number of hydrogen-bond acceptors (Lipinski definition) is 4.